The maximum Gasteiger partial charge on any atom is 0.222 e. The molecule has 1 amide bonds. The number of nitrogens with one attached hydrogen (secondary N) is 1. The van der Waals surface area contributed by atoms with Crippen molar-refractivity contribution in [3.8, 4) is 16.9 Å². The second kappa shape index (κ2) is 15.3. The van der Waals surface area contributed by atoms with Gasteiger partial charge in [-0.1, -0.05) is 72.8 Å². The Hall–Kier alpha value is -4.66. The molecule has 0 aromatic heterocycles. The summed E-state index contributed by atoms with van der Waals surface area (Å²) < 4.78 is 5.29. The second-order valence-electron chi connectivity index (χ2n) is 12.6. The van der Waals surface area contributed by atoms with Crippen molar-refractivity contribution in [2.45, 2.75) is 25.4 Å². The van der Waals surface area contributed by atoms with Crippen LogP contribution >= 0.6 is 0 Å². The molecule has 1 unspecified atom stereocenters. The highest BCUT2D eigenvalue weighted by Gasteiger charge is 2.36. The van der Waals surface area contributed by atoms with E-state index in [1.165, 1.54) is 5.56 Å². The van der Waals surface area contributed by atoms with Gasteiger partial charge in [0.15, 0.2) is 0 Å². The molecule has 0 saturated carbocycles. The van der Waals surface area contributed by atoms with Crippen LogP contribution in [-0.4, -0.2) is 87.0 Å². The van der Waals surface area contributed by atoms with E-state index in [4.69, 9.17) is 9.73 Å². The van der Waals surface area contributed by atoms with Gasteiger partial charge in [0.25, 0.3) is 0 Å². The Morgan fingerprint density at radius 2 is 1.53 bits per heavy atom. The molecule has 0 spiro atoms. The van der Waals surface area contributed by atoms with Gasteiger partial charge < -0.3 is 24.8 Å². The summed E-state index contributed by atoms with van der Waals surface area (Å²) in [5.41, 5.74) is 6.38. The van der Waals surface area contributed by atoms with E-state index in [9.17, 15) is 4.79 Å². The number of ether oxygens (including phenoxy) is 1. The zero-order chi connectivity index (χ0) is 32.6. The van der Waals surface area contributed by atoms with Crippen LogP contribution in [0.3, 0.4) is 0 Å². The standard InChI is InChI=1S/C39H46N6O2/c1-42(2)22-9-23-43-24-26-44(27-25-43)39-41-36-13-8-7-12-35(36)37(28-38(46)40-29-30-14-20-34(47-3)21-15-30)45(39)33-18-16-32(17-19-33)31-10-5-4-6-11-31/h4-8,10-21,37H,9,22-29H2,1-3H3,(H,40,46). The molecule has 2 aliphatic rings. The summed E-state index contributed by atoms with van der Waals surface area (Å²) in [5.74, 6) is 1.71. The summed E-state index contributed by atoms with van der Waals surface area (Å²) in [4.78, 5) is 28.5. The molecule has 2 heterocycles. The summed E-state index contributed by atoms with van der Waals surface area (Å²) >= 11 is 0. The minimum absolute atomic E-state index is 0.00140. The van der Waals surface area contributed by atoms with Crippen molar-refractivity contribution in [2.75, 3.05) is 65.4 Å². The first kappa shape index (κ1) is 32.3. The van der Waals surface area contributed by atoms with E-state index in [1.54, 1.807) is 7.11 Å². The molecule has 4 aromatic carbocycles. The molecule has 0 bridgehead atoms. The summed E-state index contributed by atoms with van der Waals surface area (Å²) in [6, 6.07) is 35.0. The van der Waals surface area contributed by atoms with Crippen LogP contribution in [0, 0.1) is 0 Å². The predicted molar refractivity (Wildman–Crippen MR) is 191 cm³/mol. The maximum atomic E-state index is 13.7. The largest absolute Gasteiger partial charge is 0.497 e. The Kier molecular flexibility index (Phi) is 10.5. The van der Waals surface area contributed by atoms with E-state index >= 15 is 0 Å². The second-order valence-corrected chi connectivity index (χ2v) is 12.6. The van der Waals surface area contributed by atoms with E-state index in [0.29, 0.717) is 13.0 Å². The first-order valence-electron chi connectivity index (χ1n) is 16.6. The van der Waals surface area contributed by atoms with Gasteiger partial charge in [-0.05, 0) is 80.6 Å². The van der Waals surface area contributed by atoms with Gasteiger partial charge in [0, 0.05) is 44.0 Å². The molecule has 1 N–H and O–H groups in total. The summed E-state index contributed by atoms with van der Waals surface area (Å²) in [6.45, 7) is 6.40. The molecule has 0 aliphatic carbocycles. The van der Waals surface area contributed by atoms with Crippen LogP contribution in [0.2, 0.25) is 0 Å². The predicted octanol–water partition coefficient (Wildman–Crippen LogP) is 6.19. The van der Waals surface area contributed by atoms with Crippen LogP contribution in [0.5, 0.6) is 5.75 Å². The van der Waals surface area contributed by atoms with Crippen molar-refractivity contribution in [1.82, 2.24) is 20.0 Å². The number of hydrogen-bond donors (Lipinski definition) is 1. The van der Waals surface area contributed by atoms with E-state index in [1.807, 2.05) is 42.5 Å². The Bertz CT molecular complexity index is 1630. The van der Waals surface area contributed by atoms with Crippen molar-refractivity contribution >= 4 is 23.2 Å². The number of piperazine rings is 1. The maximum absolute atomic E-state index is 13.7. The van der Waals surface area contributed by atoms with Crippen molar-refractivity contribution in [2.24, 2.45) is 4.99 Å². The number of guanidine groups is 1. The molecule has 1 fully saturated rings. The smallest absolute Gasteiger partial charge is 0.222 e. The van der Waals surface area contributed by atoms with Gasteiger partial charge in [0.2, 0.25) is 11.9 Å². The molecule has 6 rings (SSSR count). The number of benzene rings is 4. The van der Waals surface area contributed by atoms with Gasteiger partial charge in [-0.15, -0.1) is 0 Å². The average Bonchev–Trinajstić information content (AvgIpc) is 3.11. The number of anilines is 1. The van der Waals surface area contributed by atoms with Crippen molar-refractivity contribution < 1.29 is 9.53 Å². The van der Waals surface area contributed by atoms with Gasteiger partial charge in [-0.25, -0.2) is 4.99 Å². The minimum Gasteiger partial charge on any atom is -0.497 e. The number of fused-ring (bicyclic) bond motifs is 1. The number of para-hydroxylation sites is 1. The topological polar surface area (TPSA) is 63.7 Å². The van der Waals surface area contributed by atoms with E-state index in [2.05, 4.69) is 99.7 Å². The van der Waals surface area contributed by atoms with E-state index in [0.717, 1.165) is 85.5 Å². The number of aliphatic imine (C=N–C) groups is 1. The number of amides is 1. The quantitative estimate of drug-likeness (QED) is 0.213. The van der Waals surface area contributed by atoms with Gasteiger partial charge in [0.1, 0.15) is 5.75 Å². The van der Waals surface area contributed by atoms with Crippen LogP contribution in [-0.2, 0) is 11.3 Å². The highest BCUT2D eigenvalue weighted by molar-refractivity contribution is 6.01. The van der Waals surface area contributed by atoms with Crippen molar-refractivity contribution in [1.29, 1.82) is 0 Å². The van der Waals surface area contributed by atoms with Gasteiger partial charge in [-0.2, -0.15) is 0 Å². The lowest BCUT2D eigenvalue weighted by atomic mass is 9.96. The fraction of sp³-hybridized carbons (Fsp3) is 0.333. The number of carbonyl (C=O) groups excluding carboxylic acids is 1. The van der Waals surface area contributed by atoms with Crippen LogP contribution in [0.1, 0.15) is 30.0 Å². The molecular weight excluding hydrogens is 584 g/mol. The molecule has 1 saturated heterocycles. The minimum atomic E-state index is -0.213. The summed E-state index contributed by atoms with van der Waals surface area (Å²) in [6.07, 6.45) is 1.46. The molecule has 8 nitrogen and oxygen atoms in total. The highest BCUT2D eigenvalue weighted by Crippen LogP contribution is 2.41. The van der Waals surface area contributed by atoms with Crippen LogP contribution < -0.4 is 15.0 Å². The van der Waals surface area contributed by atoms with Gasteiger partial charge in [-0.3, -0.25) is 9.69 Å². The van der Waals surface area contributed by atoms with Gasteiger partial charge in [0.05, 0.1) is 25.3 Å². The SMILES string of the molecule is COc1ccc(CNC(=O)CC2c3ccccc3N=C(N3CCN(CCCN(C)C)CC3)N2c2ccc(-c3ccccc3)cc2)cc1. The zero-order valence-electron chi connectivity index (χ0n) is 27.8. The lowest BCUT2D eigenvalue weighted by Crippen LogP contribution is -2.55. The molecule has 2 aliphatic heterocycles. The normalized spacial score (nSPS) is 16.5. The molecule has 8 heteroatoms. The molecule has 4 aromatic rings. The van der Waals surface area contributed by atoms with Gasteiger partial charge >= 0.3 is 0 Å². The lowest BCUT2D eigenvalue weighted by molar-refractivity contribution is -0.121. The number of hydrogen-bond acceptors (Lipinski definition) is 7. The average molecular weight is 631 g/mol. The lowest BCUT2D eigenvalue weighted by Gasteiger charge is -2.45. The van der Waals surface area contributed by atoms with Crippen molar-refractivity contribution in [3.05, 3.63) is 114 Å². The number of rotatable bonds is 11. The zero-order valence-corrected chi connectivity index (χ0v) is 27.8. The third-order valence-corrected chi connectivity index (χ3v) is 9.06. The van der Waals surface area contributed by atoms with Crippen LogP contribution in [0.25, 0.3) is 11.1 Å². The van der Waals surface area contributed by atoms with E-state index in [-0.39, 0.29) is 11.9 Å². The Balaban J connectivity index is 1.27. The fourth-order valence-corrected chi connectivity index (χ4v) is 6.45. The summed E-state index contributed by atoms with van der Waals surface area (Å²) in [5, 5.41) is 3.17. The molecule has 0 radical (unpaired) electrons. The molecule has 1 atom stereocenters. The number of carbonyl (C=O) groups is 1. The van der Waals surface area contributed by atoms with Crippen LogP contribution in [0.15, 0.2) is 108 Å². The molecule has 47 heavy (non-hydrogen) atoms. The Morgan fingerprint density at radius 1 is 0.851 bits per heavy atom. The Morgan fingerprint density at radius 3 is 2.23 bits per heavy atom. The van der Waals surface area contributed by atoms with Crippen molar-refractivity contribution in [3.63, 3.8) is 0 Å². The number of methoxy groups -OCH3 is 1. The fourth-order valence-electron chi connectivity index (χ4n) is 6.45. The Labute approximate surface area is 279 Å². The first-order chi connectivity index (χ1) is 23.0. The molecule has 244 valence electrons. The monoisotopic (exact) mass is 630 g/mol. The number of nitrogens with zero attached hydrogens (tertiary/aromatic N) is 5. The third-order valence-electron chi connectivity index (χ3n) is 9.06. The first-order valence-corrected chi connectivity index (χ1v) is 16.6. The summed E-state index contributed by atoms with van der Waals surface area (Å²) in [7, 11) is 5.92. The van der Waals surface area contributed by atoms with Crippen LogP contribution in [0.4, 0.5) is 11.4 Å². The molecular formula is C39H46N6O2. The third kappa shape index (κ3) is 8.02. The van der Waals surface area contributed by atoms with E-state index < -0.39 is 0 Å². The highest BCUT2D eigenvalue weighted by atomic mass is 16.5.